The molecule has 25 heavy (non-hydrogen) atoms. The summed E-state index contributed by atoms with van der Waals surface area (Å²) in [5.74, 6) is 3.89. The average Bonchev–Trinajstić information content (AvgIpc) is 2.52. The molecule has 0 spiro atoms. The zero-order valence-electron chi connectivity index (χ0n) is 15.8. The molecule has 0 aromatic heterocycles. The smallest absolute Gasteiger partial charge is 0.258 e. The van der Waals surface area contributed by atoms with Gasteiger partial charge in [0, 0.05) is 5.54 Å². The summed E-state index contributed by atoms with van der Waals surface area (Å²) in [5, 5.41) is 3.39. The second-order valence-electron chi connectivity index (χ2n) is 9.21. The summed E-state index contributed by atoms with van der Waals surface area (Å²) < 4.78 is 5.89. The molecule has 0 saturated heterocycles. The summed E-state index contributed by atoms with van der Waals surface area (Å²) >= 11 is 0. The van der Waals surface area contributed by atoms with E-state index in [0.717, 1.165) is 29.1 Å². The number of carbonyl (C=O) groups excluding carboxylic acids is 1. The normalized spacial score (nSPS) is 32.9. The summed E-state index contributed by atoms with van der Waals surface area (Å²) in [6, 6.07) is 6.31. The van der Waals surface area contributed by atoms with Crippen LogP contribution in [0.15, 0.2) is 18.2 Å². The Balaban J connectivity index is 1.38. The number of carbonyl (C=O) groups is 1. The zero-order valence-corrected chi connectivity index (χ0v) is 15.8. The third-order valence-corrected chi connectivity index (χ3v) is 6.68. The number of ether oxygens (including phenoxy) is 1. The number of amides is 1. The molecule has 0 heterocycles. The van der Waals surface area contributed by atoms with E-state index < -0.39 is 0 Å². The fourth-order valence-corrected chi connectivity index (χ4v) is 5.87. The Bertz CT molecular complexity index is 629. The Morgan fingerprint density at radius 2 is 1.76 bits per heavy atom. The lowest BCUT2D eigenvalue weighted by Crippen LogP contribution is -2.60. The summed E-state index contributed by atoms with van der Waals surface area (Å²) in [6.07, 6.45) is 7.75. The maximum Gasteiger partial charge on any atom is 0.258 e. The highest BCUT2D eigenvalue weighted by molar-refractivity contribution is 5.78. The number of aryl methyl sites for hydroxylation is 1. The summed E-state index contributed by atoms with van der Waals surface area (Å²) in [5.41, 5.74) is 2.42. The van der Waals surface area contributed by atoms with Gasteiger partial charge in [-0.1, -0.05) is 26.0 Å². The number of hydrogen-bond donors (Lipinski definition) is 1. The van der Waals surface area contributed by atoms with Gasteiger partial charge in [-0.15, -0.1) is 0 Å². The van der Waals surface area contributed by atoms with E-state index in [2.05, 4.69) is 37.4 Å². The second-order valence-corrected chi connectivity index (χ2v) is 9.21. The van der Waals surface area contributed by atoms with Crippen molar-refractivity contribution in [3.8, 4) is 5.75 Å². The minimum atomic E-state index is 0.0521. The molecular formula is C22H31NO2. The van der Waals surface area contributed by atoms with Gasteiger partial charge in [-0.05, 0) is 86.3 Å². The molecule has 4 saturated carbocycles. The Morgan fingerprint density at radius 3 is 2.32 bits per heavy atom. The van der Waals surface area contributed by atoms with E-state index in [1.54, 1.807) is 0 Å². The Morgan fingerprint density at radius 1 is 1.16 bits per heavy atom. The van der Waals surface area contributed by atoms with E-state index in [1.807, 2.05) is 6.92 Å². The maximum absolute atomic E-state index is 12.6. The van der Waals surface area contributed by atoms with E-state index in [-0.39, 0.29) is 18.1 Å². The molecule has 5 rings (SSSR count). The first-order valence-corrected chi connectivity index (χ1v) is 9.97. The standard InChI is InChI=1S/C22H31NO2/c1-14(2)19-5-4-15(3)20(9-19)25-13-21(24)23-22-10-16-6-17(11-22)8-18(7-16)12-22/h4-5,9,14,16-18H,6-8,10-13H2,1-3H3,(H,23,24). The second kappa shape index (κ2) is 6.34. The van der Waals surface area contributed by atoms with Crippen LogP contribution in [0.5, 0.6) is 5.75 Å². The van der Waals surface area contributed by atoms with Crippen LogP contribution < -0.4 is 10.1 Å². The van der Waals surface area contributed by atoms with Gasteiger partial charge in [-0.2, -0.15) is 0 Å². The molecule has 1 aromatic carbocycles. The fraction of sp³-hybridized carbons (Fsp3) is 0.682. The molecule has 4 fully saturated rings. The van der Waals surface area contributed by atoms with Crippen molar-refractivity contribution in [3.05, 3.63) is 29.3 Å². The van der Waals surface area contributed by atoms with Gasteiger partial charge < -0.3 is 10.1 Å². The van der Waals surface area contributed by atoms with E-state index in [9.17, 15) is 4.79 Å². The average molecular weight is 341 g/mol. The van der Waals surface area contributed by atoms with Crippen LogP contribution in [0, 0.1) is 24.7 Å². The van der Waals surface area contributed by atoms with Crippen LogP contribution in [0.3, 0.4) is 0 Å². The summed E-state index contributed by atoms with van der Waals surface area (Å²) in [6.45, 7) is 6.52. The third kappa shape index (κ3) is 3.43. The van der Waals surface area contributed by atoms with Gasteiger partial charge in [0.1, 0.15) is 5.75 Å². The van der Waals surface area contributed by atoms with Crippen molar-refractivity contribution in [1.29, 1.82) is 0 Å². The first-order valence-electron chi connectivity index (χ1n) is 9.97. The van der Waals surface area contributed by atoms with Gasteiger partial charge in [-0.25, -0.2) is 0 Å². The third-order valence-electron chi connectivity index (χ3n) is 6.68. The van der Waals surface area contributed by atoms with Crippen LogP contribution in [0.1, 0.15) is 69.4 Å². The van der Waals surface area contributed by atoms with Gasteiger partial charge in [0.15, 0.2) is 6.61 Å². The molecule has 136 valence electrons. The molecule has 3 heteroatoms. The van der Waals surface area contributed by atoms with E-state index in [0.29, 0.717) is 5.92 Å². The van der Waals surface area contributed by atoms with Crippen LogP contribution >= 0.6 is 0 Å². The molecule has 0 aliphatic heterocycles. The lowest BCUT2D eigenvalue weighted by molar-refractivity contribution is -0.128. The minimum Gasteiger partial charge on any atom is -0.483 e. The van der Waals surface area contributed by atoms with Crippen LogP contribution in [0.4, 0.5) is 0 Å². The number of hydrogen-bond acceptors (Lipinski definition) is 2. The fourth-order valence-electron chi connectivity index (χ4n) is 5.87. The molecule has 4 aliphatic carbocycles. The van der Waals surface area contributed by atoms with Crippen molar-refractivity contribution in [1.82, 2.24) is 5.32 Å². The molecule has 1 amide bonds. The topological polar surface area (TPSA) is 38.3 Å². The highest BCUT2D eigenvalue weighted by atomic mass is 16.5. The Hall–Kier alpha value is -1.51. The molecule has 4 aliphatic rings. The SMILES string of the molecule is Cc1ccc(C(C)C)cc1OCC(=O)NC12CC3CC(CC(C3)C1)C2. The van der Waals surface area contributed by atoms with E-state index in [1.165, 1.54) is 44.1 Å². The van der Waals surface area contributed by atoms with Crippen LogP contribution in [0.25, 0.3) is 0 Å². The monoisotopic (exact) mass is 341 g/mol. The van der Waals surface area contributed by atoms with Crippen LogP contribution in [-0.4, -0.2) is 18.1 Å². The molecule has 1 N–H and O–H groups in total. The van der Waals surface area contributed by atoms with Crippen molar-refractivity contribution >= 4 is 5.91 Å². The Kier molecular flexibility index (Phi) is 4.29. The molecular weight excluding hydrogens is 310 g/mol. The van der Waals surface area contributed by atoms with Crippen molar-refractivity contribution in [2.75, 3.05) is 6.61 Å². The van der Waals surface area contributed by atoms with Crippen molar-refractivity contribution in [3.63, 3.8) is 0 Å². The highest BCUT2D eigenvalue weighted by Gasteiger charge is 2.51. The van der Waals surface area contributed by atoms with Gasteiger partial charge >= 0.3 is 0 Å². The van der Waals surface area contributed by atoms with Crippen LogP contribution in [-0.2, 0) is 4.79 Å². The molecule has 0 atom stereocenters. The molecule has 0 radical (unpaired) electrons. The molecule has 4 bridgehead atoms. The predicted octanol–water partition coefficient (Wildman–Crippen LogP) is 4.58. The van der Waals surface area contributed by atoms with Crippen molar-refractivity contribution in [2.24, 2.45) is 17.8 Å². The number of rotatable bonds is 5. The molecule has 0 unspecified atom stereocenters. The number of benzene rings is 1. The minimum absolute atomic E-state index is 0.0521. The molecule has 3 nitrogen and oxygen atoms in total. The van der Waals surface area contributed by atoms with Gasteiger partial charge in [0.25, 0.3) is 5.91 Å². The maximum atomic E-state index is 12.6. The van der Waals surface area contributed by atoms with E-state index >= 15 is 0 Å². The lowest BCUT2D eigenvalue weighted by atomic mass is 9.53. The van der Waals surface area contributed by atoms with Gasteiger partial charge in [0.05, 0.1) is 0 Å². The molecule has 1 aromatic rings. The first-order chi connectivity index (χ1) is 11.9. The van der Waals surface area contributed by atoms with Crippen molar-refractivity contribution in [2.45, 2.75) is 70.8 Å². The zero-order chi connectivity index (χ0) is 17.6. The summed E-state index contributed by atoms with van der Waals surface area (Å²) in [4.78, 5) is 12.6. The van der Waals surface area contributed by atoms with Crippen molar-refractivity contribution < 1.29 is 9.53 Å². The quantitative estimate of drug-likeness (QED) is 0.851. The predicted molar refractivity (Wildman–Crippen MR) is 99.8 cm³/mol. The van der Waals surface area contributed by atoms with Crippen LogP contribution in [0.2, 0.25) is 0 Å². The first kappa shape index (κ1) is 16.9. The van der Waals surface area contributed by atoms with Gasteiger partial charge in [0.2, 0.25) is 0 Å². The van der Waals surface area contributed by atoms with Gasteiger partial charge in [-0.3, -0.25) is 4.79 Å². The Labute approximate surface area is 151 Å². The highest BCUT2D eigenvalue weighted by Crippen LogP contribution is 2.55. The number of nitrogens with one attached hydrogen (secondary N) is 1. The lowest BCUT2D eigenvalue weighted by Gasteiger charge is -2.56. The largest absolute Gasteiger partial charge is 0.483 e. The summed E-state index contributed by atoms with van der Waals surface area (Å²) in [7, 11) is 0. The van der Waals surface area contributed by atoms with E-state index in [4.69, 9.17) is 4.74 Å².